The zero-order valence-electron chi connectivity index (χ0n) is 39.5. The molecule has 8 rings (SSSR count). The fraction of sp³-hybridized carbons (Fsp3) is 0.415. The van der Waals surface area contributed by atoms with Gasteiger partial charge in [0.1, 0.15) is 11.9 Å². The predicted molar refractivity (Wildman–Crippen MR) is 266 cm³/mol. The van der Waals surface area contributed by atoms with Crippen LogP contribution in [-0.4, -0.2) is 151 Å². The summed E-state index contributed by atoms with van der Waals surface area (Å²) in [6.45, 7) is 8.70. The molecule has 5 N–H and O–H groups in total. The van der Waals surface area contributed by atoms with Crippen LogP contribution >= 0.6 is 0 Å². The number of likely N-dealkylation sites (N-methyl/N-ethyl adjacent to an activating group) is 2. The number of carbonyl (C=O) groups is 4. The number of nitrogens with zero attached hydrogens (tertiary/aromatic N) is 6. The van der Waals surface area contributed by atoms with Crippen LogP contribution in [0.1, 0.15) is 77.5 Å². The number of aromatic nitrogens is 2. The maximum absolute atomic E-state index is 13.4. The molecule has 15 nitrogen and oxygen atoms in total. The van der Waals surface area contributed by atoms with E-state index in [0.717, 1.165) is 117 Å². The van der Waals surface area contributed by atoms with Crippen molar-refractivity contribution in [1.82, 2.24) is 55.7 Å². The summed E-state index contributed by atoms with van der Waals surface area (Å²) in [5.74, 6) is 0.581. The number of H-pyrrole nitrogens is 1. The number of aromatic amines is 1. The predicted octanol–water partition coefficient (Wildman–Crippen LogP) is 6.29. The number of imidazole rings is 1. The van der Waals surface area contributed by atoms with E-state index in [9.17, 15) is 19.2 Å². The number of benzene rings is 4. The lowest BCUT2D eigenvalue weighted by Crippen LogP contribution is -2.52. The Morgan fingerprint density at radius 3 is 1.78 bits per heavy atom. The molecule has 3 fully saturated rings. The fourth-order valence-electron chi connectivity index (χ4n) is 9.28. The first kappa shape index (κ1) is 47.9. The minimum atomic E-state index is -0.778. The number of carbonyl (C=O) groups excluding carboxylic acids is 4. The second-order valence-corrected chi connectivity index (χ2v) is 18.4. The van der Waals surface area contributed by atoms with Gasteiger partial charge in [-0.25, -0.2) is 14.6 Å². The van der Waals surface area contributed by atoms with Crippen LogP contribution in [0.15, 0.2) is 115 Å². The van der Waals surface area contributed by atoms with Crippen LogP contribution in [0.4, 0.5) is 9.59 Å². The average molecular weight is 922 g/mol. The Balaban J connectivity index is 0.774. The molecule has 358 valence electrons. The standard InChI is InChI=1S/C53H67N11O4/c1-60-29-33-62(34-30-60)52(67)58-46(41-13-6-3-7-14-41)38-64-28-12-17-47(64)49-56-37-45(57-49)42-22-18-39(19-23-42)40-20-24-44(25-21-40)50(65)54-26-10-5-11-27-55-51(66)48(43-15-8-4-9-16-43)59-53(68)63-35-31-61(2)32-36-63/h3-4,6-9,13-16,18-25,37,46-48H,5,10-12,17,26-36,38H2,1-2H3,(H,54,65)(H,55,66)(H,56,57)(H,58,67)(H,59,68). The number of piperazine rings is 2. The van der Waals surface area contributed by atoms with Crippen molar-refractivity contribution in [3.05, 3.63) is 138 Å². The molecule has 6 amide bonds. The van der Waals surface area contributed by atoms with Crippen LogP contribution in [0.2, 0.25) is 0 Å². The molecule has 0 bridgehead atoms. The first-order valence-electron chi connectivity index (χ1n) is 24.3. The molecule has 3 aliphatic rings. The molecule has 0 radical (unpaired) electrons. The van der Waals surface area contributed by atoms with Crippen LogP contribution in [0, 0.1) is 0 Å². The highest BCUT2D eigenvalue weighted by atomic mass is 16.2. The van der Waals surface area contributed by atoms with Gasteiger partial charge < -0.3 is 45.9 Å². The number of urea groups is 2. The lowest BCUT2D eigenvalue weighted by Gasteiger charge is -2.35. The van der Waals surface area contributed by atoms with Gasteiger partial charge in [-0.2, -0.15) is 0 Å². The van der Waals surface area contributed by atoms with Crippen molar-refractivity contribution in [1.29, 1.82) is 0 Å². The Morgan fingerprint density at radius 1 is 0.618 bits per heavy atom. The SMILES string of the molecule is CN1CCN(C(=O)NC(CN2CCCC2c2ncc(-c3ccc(-c4ccc(C(=O)NCCCCCNC(=O)C(NC(=O)N5CCN(C)CC5)c5ccccc5)cc4)cc3)[nH]2)c2ccccc2)CC1. The molecule has 4 aromatic carbocycles. The van der Waals surface area contributed by atoms with Gasteiger partial charge in [0.15, 0.2) is 0 Å². The molecule has 3 aliphatic heterocycles. The van der Waals surface area contributed by atoms with E-state index >= 15 is 0 Å². The first-order chi connectivity index (χ1) is 33.2. The van der Waals surface area contributed by atoms with Gasteiger partial charge in [-0.3, -0.25) is 14.5 Å². The van der Waals surface area contributed by atoms with E-state index in [0.29, 0.717) is 38.3 Å². The monoisotopic (exact) mass is 922 g/mol. The van der Waals surface area contributed by atoms with E-state index in [1.54, 1.807) is 4.90 Å². The van der Waals surface area contributed by atoms with E-state index < -0.39 is 6.04 Å². The highest BCUT2D eigenvalue weighted by Gasteiger charge is 2.32. The van der Waals surface area contributed by atoms with Crippen molar-refractivity contribution in [3.8, 4) is 22.4 Å². The lowest BCUT2D eigenvalue weighted by atomic mass is 10.0. The number of hydrogen-bond acceptors (Lipinski definition) is 8. The summed E-state index contributed by atoms with van der Waals surface area (Å²) in [5.41, 5.74) is 6.50. The van der Waals surface area contributed by atoms with Gasteiger partial charge in [0, 0.05) is 77.6 Å². The third kappa shape index (κ3) is 12.7. The summed E-state index contributed by atoms with van der Waals surface area (Å²) >= 11 is 0. The molecule has 1 aromatic heterocycles. The van der Waals surface area contributed by atoms with Crippen molar-refractivity contribution in [3.63, 3.8) is 0 Å². The topological polar surface area (TPSA) is 161 Å². The van der Waals surface area contributed by atoms with E-state index in [1.807, 2.05) is 90.9 Å². The summed E-state index contributed by atoms with van der Waals surface area (Å²) in [4.78, 5) is 71.8. The molecular formula is C53H67N11O4. The van der Waals surface area contributed by atoms with Crippen molar-refractivity contribution in [2.24, 2.45) is 0 Å². The van der Waals surface area contributed by atoms with Crippen molar-refractivity contribution < 1.29 is 19.2 Å². The van der Waals surface area contributed by atoms with Crippen LogP contribution in [0.5, 0.6) is 0 Å². The van der Waals surface area contributed by atoms with Crippen LogP contribution < -0.4 is 21.3 Å². The van der Waals surface area contributed by atoms with Crippen molar-refractivity contribution >= 4 is 23.9 Å². The highest BCUT2D eigenvalue weighted by molar-refractivity contribution is 5.94. The van der Waals surface area contributed by atoms with Gasteiger partial charge >= 0.3 is 12.1 Å². The van der Waals surface area contributed by atoms with Gasteiger partial charge in [0.05, 0.1) is 24.0 Å². The maximum atomic E-state index is 13.4. The van der Waals surface area contributed by atoms with Crippen LogP contribution in [-0.2, 0) is 4.79 Å². The summed E-state index contributed by atoms with van der Waals surface area (Å²) in [5, 5.41) is 12.3. The second kappa shape index (κ2) is 23.5. The maximum Gasteiger partial charge on any atom is 0.318 e. The molecule has 68 heavy (non-hydrogen) atoms. The van der Waals surface area contributed by atoms with Crippen molar-refractivity contribution in [2.45, 2.75) is 50.2 Å². The van der Waals surface area contributed by atoms with E-state index in [2.05, 4.69) is 84.4 Å². The molecule has 3 unspecified atom stereocenters. The molecule has 15 heteroatoms. The largest absolute Gasteiger partial charge is 0.354 e. The first-order valence-corrected chi connectivity index (χ1v) is 24.3. The number of rotatable bonds is 17. The zero-order chi connectivity index (χ0) is 47.2. The summed E-state index contributed by atoms with van der Waals surface area (Å²) < 4.78 is 0. The van der Waals surface area contributed by atoms with Crippen molar-refractivity contribution in [2.75, 3.05) is 92.6 Å². The Morgan fingerprint density at radius 2 is 1.16 bits per heavy atom. The number of unbranched alkanes of at least 4 members (excludes halogenated alkanes) is 2. The van der Waals surface area contributed by atoms with Gasteiger partial charge in [-0.1, -0.05) is 97.1 Å². The summed E-state index contributed by atoms with van der Waals surface area (Å²) in [7, 11) is 4.13. The van der Waals surface area contributed by atoms with Gasteiger partial charge in [-0.05, 0) is 92.7 Å². The number of hydrogen-bond donors (Lipinski definition) is 5. The molecular weight excluding hydrogens is 855 g/mol. The molecule has 3 saturated heterocycles. The Kier molecular flexibility index (Phi) is 16.5. The molecule has 3 atom stereocenters. The average Bonchev–Trinajstić information content (AvgIpc) is 4.06. The van der Waals surface area contributed by atoms with E-state index in [4.69, 9.17) is 4.98 Å². The van der Waals surface area contributed by atoms with Gasteiger partial charge in [-0.15, -0.1) is 0 Å². The highest BCUT2D eigenvalue weighted by Crippen LogP contribution is 2.34. The summed E-state index contributed by atoms with van der Waals surface area (Å²) in [6.07, 6.45) is 6.32. The summed E-state index contributed by atoms with van der Waals surface area (Å²) in [6, 6.07) is 34.6. The quantitative estimate of drug-likeness (QED) is 0.0681. The number of amides is 6. The third-order valence-electron chi connectivity index (χ3n) is 13.6. The minimum absolute atomic E-state index is 0.00660. The van der Waals surface area contributed by atoms with Gasteiger partial charge in [0.2, 0.25) is 5.91 Å². The molecule has 5 aromatic rings. The van der Waals surface area contributed by atoms with Crippen LogP contribution in [0.3, 0.4) is 0 Å². The normalized spacial score (nSPS) is 17.9. The zero-order valence-corrected chi connectivity index (χ0v) is 39.5. The van der Waals surface area contributed by atoms with Gasteiger partial charge in [0.25, 0.3) is 5.91 Å². The van der Waals surface area contributed by atoms with E-state index in [1.165, 1.54) is 0 Å². The lowest BCUT2D eigenvalue weighted by molar-refractivity contribution is -0.123. The Hall–Kier alpha value is -6.55. The Bertz CT molecular complexity index is 2400. The molecule has 0 aliphatic carbocycles. The number of nitrogens with one attached hydrogen (secondary N) is 5. The fourth-order valence-corrected chi connectivity index (χ4v) is 9.28. The smallest absolute Gasteiger partial charge is 0.318 e. The number of likely N-dealkylation sites (tertiary alicyclic amines) is 1. The Labute approximate surface area is 400 Å². The minimum Gasteiger partial charge on any atom is -0.354 e. The third-order valence-corrected chi connectivity index (χ3v) is 13.6. The van der Waals surface area contributed by atoms with E-state index in [-0.39, 0.29) is 36.0 Å². The van der Waals surface area contributed by atoms with Crippen LogP contribution in [0.25, 0.3) is 22.4 Å². The molecule has 4 heterocycles. The molecule has 0 saturated carbocycles. The molecule has 0 spiro atoms. The second-order valence-electron chi connectivity index (χ2n) is 18.4.